The van der Waals surface area contributed by atoms with Crippen LogP contribution in [-0.2, 0) is 11.2 Å². The molecule has 6 nitrogen and oxygen atoms in total. The Balaban J connectivity index is 1.42. The van der Waals surface area contributed by atoms with Crippen LogP contribution in [0.4, 0.5) is 5.13 Å². The lowest BCUT2D eigenvalue weighted by molar-refractivity contribution is -0.116. The number of anilines is 1. The number of aromatic nitrogens is 1. The van der Waals surface area contributed by atoms with Crippen LogP contribution in [-0.4, -0.2) is 23.3 Å². The van der Waals surface area contributed by atoms with E-state index in [4.69, 9.17) is 27.6 Å². The van der Waals surface area contributed by atoms with Crippen molar-refractivity contribution in [3.63, 3.8) is 0 Å². The van der Waals surface area contributed by atoms with Crippen LogP contribution in [0.15, 0.2) is 47.2 Å². The van der Waals surface area contributed by atoms with E-state index in [1.54, 1.807) is 24.4 Å². The number of rotatable bonds is 8. The first-order chi connectivity index (χ1) is 13.5. The van der Waals surface area contributed by atoms with Crippen molar-refractivity contribution < 1.29 is 14.0 Å². The lowest BCUT2D eigenvalue weighted by Gasteiger charge is -2.04. The number of halogens is 2. The predicted molar refractivity (Wildman–Crippen MR) is 110 cm³/mol. The van der Waals surface area contributed by atoms with Crippen molar-refractivity contribution in [1.29, 1.82) is 0 Å². The molecule has 1 aromatic carbocycles. The molecule has 2 N–H and O–H groups in total. The van der Waals surface area contributed by atoms with Gasteiger partial charge in [-0.3, -0.25) is 9.59 Å². The van der Waals surface area contributed by atoms with E-state index in [-0.39, 0.29) is 24.0 Å². The molecular formula is C19H17Cl2N3O3S. The van der Waals surface area contributed by atoms with E-state index in [2.05, 4.69) is 15.6 Å². The molecule has 3 rings (SSSR count). The molecule has 2 amide bonds. The number of hydrogen-bond donors (Lipinski definition) is 2. The Morgan fingerprint density at radius 1 is 1.18 bits per heavy atom. The SMILES string of the molecule is O=C(CCCNC(=O)c1ccco1)Nc1ncc(Cc2cccc(Cl)c2Cl)s1. The molecule has 2 aromatic heterocycles. The van der Waals surface area contributed by atoms with Crippen LogP contribution in [0.1, 0.15) is 33.8 Å². The van der Waals surface area contributed by atoms with Crippen LogP contribution in [0.3, 0.4) is 0 Å². The molecule has 3 aromatic rings. The maximum Gasteiger partial charge on any atom is 0.286 e. The number of amides is 2. The topological polar surface area (TPSA) is 84.2 Å². The van der Waals surface area contributed by atoms with E-state index in [0.29, 0.717) is 34.6 Å². The molecule has 0 fully saturated rings. The highest BCUT2D eigenvalue weighted by Gasteiger charge is 2.11. The first kappa shape index (κ1) is 20.4. The fourth-order valence-corrected chi connectivity index (χ4v) is 3.69. The standard InChI is InChI=1S/C19H17Cl2N3O3S/c20-14-5-1-4-12(17(14)21)10-13-11-23-19(28-13)24-16(25)7-2-8-22-18(26)15-6-3-9-27-15/h1,3-6,9,11H,2,7-8,10H2,(H,22,26)(H,23,24,25). The summed E-state index contributed by atoms with van der Waals surface area (Å²) in [6.45, 7) is 0.378. The first-order valence-corrected chi connectivity index (χ1v) is 10.1. The van der Waals surface area contributed by atoms with Gasteiger partial charge in [-0.2, -0.15) is 0 Å². The molecule has 0 saturated carbocycles. The summed E-state index contributed by atoms with van der Waals surface area (Å²) in [5.74, 6) is -0.205. The molecule has 0 aliphatic carbocycles. The maximum atomic E-state index is 12.0. The quantitative estimate of drug-likeness (QED) is 0.496. The van der Waals surface area contributed by atoms with Gasteiger partial charge in [0, 0.05) is 30.5 Å². The molecule has 0 spiro atoms. The fourth-order valence-electron chi connectivity index (χ4n) is 2.45. The summed E-state index contributed by atoms with van der Waals surface area (Å²) < 4.78 is 5.00. The van der Waals surface area contributed by atoms with Crippen LogP contribution < -0.4 is 10.6 Å². The Morgan fingerprint density at radius 3 is 2.82 bits per heavy atom. The Hall–Kier alpha value is -2.35. The zero-order valence-electron chi connectivity index (χ0n) is 14.7. The molecule has 0 unspecified atom stereocenters. The Labute approximate surface area is 175 Å². The average Bonchev–Trinajstić information content (AvgIpc) is 3.35. The molecule has 2 heterocycles. The van der Waals surface area contributed by atoms with Crippen LogP contribution in [0, 0.1) is 0 Å². The van der Waals surface area contributed by atoms with Crippen molar-refractivity contribution in [2.45, 2.75) is 19.3 Å². The molecule has 146 valence electrons. The van der Waals surface area contributed by atoms with Gasteiger partial charge in [0.2, 0.25) is 5.91 Å². The normalized spacial score (nSPS) is 10.6. The van der Waals surface area contributed by atoms with E-state index < -0.39 is 0 Å². The third kappa shape index (κ3) is 5.58. The minimum absolute atomic E-state index is 0.158. The van der Waals surface area contributed by atoms with Crippen molar-refractivity contribution >= 4 is 51.5 Å². The monoisotopic (exact) mass is 437 g/mol. The summed E-state index contributed by atoms with van der Waals surface area (Å²) in [5, 5.41) is 7.03. The highest BCUT2D eigenvalue weighted by molar-refractivity contribution is 7.15. The van der Waals surface area contributed by atoms with Gasteiger partial charge in [-0.25, -0.2) is 4.98 Å². The second-order valence-corrected chi connectivity index (χ2v) is 7.81. The van der Waals surface area contributed by atoms with Gasteiger partial charge in [0.15, 0.2) is 10.9 Å². The van der Waals surface area contributed by atoms with Gasteiger partial charge in [0.25, 0.3) is 5.91 Å². The van der Waals surface area contributed by atoms with E-state index in [1.807, 2.05) is 12.1 Å². The average molecular weight is 438 g/mol. The van der Waals surface area contributed by atoms with Crippen LogP contribution in [0.2, 0.25) is 10.0 Å². The summed E-state index contributed by atoms with van der Waals surface area (Å²) in [7, 11) is 0. The smallest absolute Gasteiger partial charge is 0.286 e. The van der Waals surface area contributed by atoms with Crippen LogP contribution in [0.25, 0.3) is 0 Å². The fraction of sp³-hybridized carbons (Fsp3) is 0.211. The maximum absolute atomic E-state index is 12.0. The molecule has 0 bridgehead atoms. The molecule has 0 saturated heterocycles. The van der Waals surface area contributed by atoms with Crippen molar-refractivity contribution in [2.24, 2.45) is 0 Å². The van der Waals surface area contributed by atoms with Crippen molar-refractivity contribution in [1.82, 2.24) is 10.3 Å². The number of hydrogen-bond acceptors (Lipinski definition) is 5. The number of furan rings is 1. The van der Waals surface area contributed by atoms with Crippen molar-refractivity contribution in [3.8, 4) is 0 Å². The predicted octanol–water partition coefficient (Wildman–Crippen LogP) is 4.78. The van der Waals surface area contributed by atoms with Crippen molar-refractivity contribution in [3.05, 3.63) is 69.0 Å². The third-order valence-corrected chi connectivity index (χ3v) is 5.58. The molecule has 0 aliphatic heterocycles. The zero-order chi connectivity index (χ0) is 19.9. The number of carbonyl (C=O) groups is 2. The van der Waals surface area contributed by atoms with Gasteiger partial charge >= 0.3 is 0 Å². The minimum Gasteiger partial charge on any atom is -0.459 e. The van der Waals surface area contributed by atoms with Crippen LogP contribution in [0.5, 0.6) is 0 Å². The zero-order valence-corrected chi connectivity index (χ0v) is 17.0. The summed E-state index contributed by atoms with van der Waals surface area (Å²) in [6.07, 6.45) is 4.51. The number of nitrogens with one attached hydrogen (secondary N) is 2. The molecule has 28 heavy (non-hydrogen) atoms. The van der Waals surface area contributed by atoms with Gasteiger partial charge < -0.3 is 15.1 Å². The second-order valence-electron chi connectivity index (χ2n) is 5.91. The molecule has 0 aliphatic rings. The highest BCUT2D eigenvalue weighted by atomic mass is 35.5. The summed E-state index contributed by atoms with van der Waals surface area (Å²) in [4.78, 5) is 28.9. The van der Waals surface area contributed by atoms with E-state index >= 15 is 0 Å². The number of carbonyl (C=O) groups excluding carboxylic acids is 2. The molecular weight excluding hydrogens is 421 g/mol. The van der Waals surface area contributed by atoms with E-state index in [1.165, 1.54) is 17.6 Å². The Bertz CT molecular complexity index is 957. The lowest BCUT2D eigenvalue weighted by Crippen LogP contribution is -2.25. The largest absolute Gasteiger partial charge is 0.459 e. The van der Waals surface area contributed by atoms with Gasteiger partial charge in [-0.15, -0.1) is 11.3 Å². The molecule has 0 atom stereocenters. The summed E-state index contributed by atoms with van der Waals surface area (Å²) in [5.41, 5.74) is 0.906. The van der Waals surface area contributed by atoms with Gasteiger partial charge in [0.1, 0.15) is 0 Å². The Kier molecular flexibility index (Phi) is 7.08. The lowest BCUT2D eigenvalue weighted by atomic mass is 10.1. The summed E-state index contributed by atoms with van der Waals surface area (Å²) >= 11 is 13.6. The van der Waals surface area contributed by atoms with Gasteiger partial charge in [-0.1, -0.05) is 35.3 Å². The second kappa shape index (κ2) is 9.73. The van der Waals surface area contributed by atoms with Crippen molar-refractivity contribution in [2.75, 3.05) is 11.9 Å². The molecule has 9 heteroatoms. The van der Waals surface area contributed by atoms with Gasteiger partial charge in [0.05, 0.1) is 16.3 Å². The van der Waals surface area contributed by atoms with E-state index in [9.17, 15) is 9.59 Å². The minimum atomic E-state index is -0.297. The highest BCUT2D eigenvalue weighted by Crippen LogP contribution is 2.29. The summed E-state index contributed by atoms with van der Waals surface area (Å²) in [6, 6.07) is 8.72. The van der Waals surface area contributed by atoms with Gasteiger partial charge in [-0.05, 0) is 30.2 Å². The number of benzene rings is 1. The first-order valence-electron chi connectivity index (χ1n) is 8.52. The number of nitrogens with zero attached hydrogens (tertiary/aromatic N) is 1. The third-order valence-electron chi connectivity index (χ3n) is 3.81. The number of thiazole rings is 1. The van der Waals surface area contributed by atoms with Crippen LogP contribution >= 0.6 is 34.5 Å². The molecule has 0 radical (unpaired) electrons. The Morgan fingerprint density at radius 2 is 2.04 bits per heavy atom. The van der Waals surface area contributed by atoms with E-state index in [0.717, 1.165) is 10.4 Å².